The molecule has 2 N–H and O–H groups in total. The van der Waals surface area contributed by atoms with E-state index in [2.05, 4.69) is 10.3 Å². The zero-order valence-electron chi connectivity index (χ0n) is 18.5. The van der Waals surface area contributed by atoms with Gasteiger partial charge < -0.3 is 15.3 Å². The fourth-order valence-corrected chi connectivity index (χ4v) is 4.85. The van der Waals surface area contributed by atoms with E-state index in [-0.39, 0.29) is 24.2 Å². The predicted octanol–water partition coefficient (Wildman–Crippen LogP) is 4.17. The average Bonchev–Trinajstić information content (AvgIpc) is 2.85. The standard InChI is InChI=1S/C24H25Cl2N3O4S/c1-34-19-7-5-15(21(25)22(19)26)6-8-20(30)29-12-9-16(10-13-29)23(31)28-18(24(32)33)14-17-4-2-3-11-27-17/h2-8,11,16,18H,9-10,12-14H2,1H3,(H,28,31)(H,32,33). The number of piperidine rings is 1. The van der Waals surface area contributed by atoms with Crippen molar-refractivity contribution in [1.82, 2.24) is 15.2 Å². The molecule has 0 spiro atoms. The number of carboxylic acids is 1. The Morgan fingerprint density at radius 1 is 1.21 bits per heavy atom. The number of likely N-dealkylation sites (tertiary alicyclic amines) is 1. The molecule has 1 atom stereocenters. The van der Waals surface area contributed by atoms with Crippen LogP contribution in [-0.4, -0.2) is 58.2 Å². The summed E-state index contributed by atoms with van der Waals surface area (Å²) >= 11 is 14.0. The quantitative estimate of drug-likeness (QED) is 0.399. The molecular weight excluding hydrogens is 497 g/mol. The van der Waals surface area contributed by atoms with E-state index in [1.54, 1.807) is 35.4 Å². The summed E-state index contributed by atoms with van der Waals surface area (Å²) in [6.45, 7) is 0.804. The molecule has 1 unspecified atom stereocenters. The number of rotatable bonds is 8. The zero-order chi connectivity index (χ0) is 24.7. The first-order valence-electron chi connectivity index (χ1n) is 10.7. The highest BCUT2D eigenvalue weighted by atomic mass is 35.5. The highest BCUT2D eigenvalue weighted by Crippen LogP contribution is 2.35. The number of carbonyl (C=O) groups excluding carboxylic acids is 2. The topological polar surface area (TPSA) is 99.6 Å². The molecule has 0 radical (unpaired) electrons. The van der Waals surface area contributed by atoms with Crippen molar-refractivity contribution in [1.29, 1.82) is 0 Å². The molecule has 2 heterocycles. The zero-order valence-corrected chi connectivity index (χ0v) is 20.9. The van der Waals surface area contributed by atoms with Gasteiger partial charge in [0.2, 0.25) is 11.8 Å². The van der Waals surface area contributed by atoms with Gasteiger partial charge in [0.1, 0.15) is 6.04 Å². The minimum absolute atomic E-state index is 0.106. The molecule has 1 saturated heterocycles. The number of aromatic nitrogens is 1. The molecule has 0 saturated carbocycles. The number of hydrogen-bond donors (Lipinski definition) is 2. The van der Waals surface area contributed by atoms with Crippen molar-refractivity contribution < 1.29 is 19.5 Å². The molecule has 3 rings (SSSR count). The van der Waals surface area contributed by atoms with Gasteiger partial charge in [0.05, 0.1) is 10.0 Å². The molecule has 1 aromatic heterocycles. The molecule has 2 aromatic rings. The molecule has 180 valence electrons. The lowest BCUT2D eigenvalue weighted by molar-refractivity contribution is -0.142. The van der Waals surface area contributed by atoms with E-state index in [0.29, 0.717) is 47.2 Å². The second kappa shape index (κ2) is 12.2. The monoisotopic (exact) mass is 521 g/mol. The molecule has 1 aliphatic rings. The van der Waals surface area contributed by atoms with Crippen LogP contribution in [0.1, 0.15) is 24.1 Å². The Balaban J connectivity index is 1.53. The summed E-state index contributed by atoms with van der Waals surface area (Å²) in [6.07, 6.45) is 7.58. The molecule has 0 aliphatic carbocycles. The van der Waals surface area contributed by atoms with Gasteiger partial charge in [-0.1, -0.05) is 35.3 Å². The Morgan fingerprint density at radius 2 is 1.94 bits per heavy atom. The number of nitrogens with one attached hydrogen (secondary N) is 1. The fraction of sp³-hybridized carbons (Fsp3) is 0.333. The van der Waals surface area contributed by atoms with Crippen molar-refractivity contribution >= 4 is 58.8 Å². The van der Waals surface area contributed by atoms with Crippen LogP contribution in [-0.2, 0) is 20.8 Å². The minimum atomic E-state index is -1.11. The van der Waals surface area contributed by atoms with Crippen LogP contribution in [0.3, 0.4) is 0 Å². The molecule has 1 aromatic carbocycles. The van der Waals surface area contributed by atoms with Crippen LogP contribution in [0.25, 0.3) is 6.08 Å². The Morgan fingerprint density at radius 3 is 2.56 bits per heavy atom. The van der Waals surface area contributed by atoms with E-state index in [4.69, 9.17) is 23.2 Å². The fourth-order valence-electron chi connectivity index (χ4n) is 3.68. The molecule has 1 fully saturated rings. The van der Waals surface area contributed by atoms with E-state index < -0.39 is 12.0 Å². The van der Waals surface area contributed by atoms with Crippen LogP contribution in [0.15, 0.2) is 47.5 Å². The van der Waals surface area contributed by atoms with Gasteiger partial charge >= 0.3 is 5.97 Å². The van der Waals surface area contributed by atoms with Crippen molar-refractivity contribution in [3.05, 3.63) is 63.9 Å². The molecule has 10 heteroatoms. The van der Waals surface area contributed by atoms with Gasteiger partial charge in [-0.25, -0.2) is 4.79 Å². The molecule has 7 nitrogen and oxygen atoms in total. The van der Waals surface area contributed by atoms with Crippen molar-refractivity contribution in [3.63, 3.8) is 0 Å². The Labute approximate surface area is 212 Å². The third-order valence-electron chi connectivity index (χ3n) is 5.63. The molecule has 2 amide bonds. The summed E-state index contributed by atoms with van der Waals surface area (Å²) < 4.78 is 0. The highest BCUT2D eigenvalue weighted by molar-refractivity contribution is 7.98. The second-order valence-electron chi connectivity index (χ2n) is 7.84. The normalized spacial score (nSPS) is 15.3. The van der Waals surface area contributed by atoms with Crippen LogP contribution in [0.4, 0.5) is 0 Å². The molecule has 1 aliphatic heterocycles. The SMILES string of the molecule is CSc1ccc(C=CC(=O)N2CCC(C(=O)NC(Cc3ccccn3)C(=O)O)CC2)c(Cl)c1Cl. The summed E-state index contributed by atoms with van der Waals surface area (Å²) in [5.41, 5.74) is 1.24. The second-order valence-corrected chi connectivity index (χ2v) is 9.45. The number of aliphatic carboxylic acids is 1. The van der Waals surface area contributed by atoms with E-state index in [9.17, 15) is 19.5 Å². The summed E-state index contributed by atoms with van der Waals surface area (Å²) in [5.74, 6) is -1.97. The van der Waals surface area contributed by atoms with Gasteiger partial charge in [-0.3, -0.25) is 14.6 Å². The summed E-state index contributed by atoms with van der Waals surface area (Å²) in [5, 5.41) is 13.0. The third-order valence-corrected chi connectivity index (χ3v) is 7.42. The van der Waals surface area contributed by atoms with Crippen molar-refractivity contribution in [2.24, 2.45) is 5.92 Å². The van der Waals surface area contributed by atoms with E-state index in [1.807, 2.05) is 18.4 Å². The first-order chi connectivity index (χ1) is 16.3. The van der Waals surface area contributed by atoms with Gasteiger partial charge in [-0.2, -0.15) is 0 Å². The van der Waals surface area contributed by atoms with Crippen molar-refractivity contribution in [2.75, 3.05) is 19.3 Å². The maximum Gasteiger partial charge on any atom is 0.326 e. The van der Waals surface area contributed by atoms with Crippen LogP contribution < -0.4 is 5.32 Å². The number of halogens is 2. The molecule has 0 bridgehead atoms. The van der Waals surface area contributed by atoms with Gasteiger partial charge in [0.15, 0.2) is 0 Å². The van der Waals surface area contributed by atoms with Crippen molar-refractivity contribution in [2.45, 2.75) is 30.2 Å². The first kappa shape index (κ1) is 26.1. The van der Waals surface area contributed by atoms with Crippen LogP contribution >= 0.6 is 35.0 Å². The van der Waals surface area contributed by atoms with E-state index in [1.165, 1.54) is 17.8 Å². The number of pyridine rings is 1. The lowest BCUT2D eigenvalue weighted by Crippen LogP contribution is -2.48. The number of carboxylic acid groups (broad SMARTS) is 1. The Hall–Kier alpha value is -2.55. The van der Waals surface area contributed by atoms with Crippen LogP contribution in [0, 0.1) is 5.92 Å². The highest BCUT2D eigenvalue weighted by Gasteiger charge is 2.30. The number of thioether (sulfide) groups is 1. The van der Waals surface area contributed by atoms with E-state index in [0.717, 1.165) is 4.90 Å². The summed E-state index contributed by atoms with van der Waals surface area (Å²) in [4.78, 5) is 43.5. The number of amides is 2. The third kappa shape index (κ3) is 6.74. The van der Waals surface area contributed by atoms with Gasteiger partial charge in [0.25, 0.3) is 0 Å². The number of carbonyl (C=O) groups is 3. The summed E-state index contributed by atoms with van der Waals surface area (Å²) in [7, 11) is 0. The average molecular weight is 522 g/mol. The van der Waals surface area contributed by atoms with Crippen LogP contribution in [0.2, 0.25) is 10.0 Å². The largest absolute Gasteiger partial charge is 0.480 e. The van der Waals surface area contributed by atoms with Gasteiger partial charge in [-0.05, 0) is 48.9 Å². The van der Waals surface area contributed by atoms with E-state index >= 15 is 0 Å². The number of nitrogens with zero attached hydrogens (tertiary/aromatic N) is 2. The minimum Gasteiger partial charge on any atom is -0.480 e. The maximum absolute atomic E-state index is 12.7. The van der Waals surface area contributed by atoms with Crippen molar-refractivity contribution in [3.8, 4) is 0 Å². The van der Waals surface area contributed by atoms with Crippen LogP contribution in [0.5, 0.6) is 0 Å². The lowest BCUT2D eigenvalue weighted by Gasteiger charge is -2.31. The molecular formula is C24H25Cl2N3O4S. The van der Waals surface area contributed by atoms with Gasteiger partial charge in [-0.15, -0.1) is 11.8 Å². The smallest absolute Gasteiger partial charge is 0.326 e. The van der Waals surface area contributed by atoms with Gasteiger partial charge in [0, 0.05) is 48.3 Å². The lowest BCUT2D eigenvalue weighted by atomic mass is 9.95. The number of benzene rings is 1. The Kier molecular flexibility index (Phi) is 9.38. The first-order valence-corrected chi connectivity index (χ1v) is 12.7. The Bertz CT molecular complexity index is 1070. The predicted molar refractivity (Wildman–Crippen MR) is 134 cm³/mol. The molecule has 34 heavy (non-hydrogen) atoms. The maximum atomic E-state index is 12.7. The summed E-state index contributed by atoms with van der Waals surface area (Å²) in [6, 6.07) is 7.84. The number of hydrogen-bond acceptors (Lipinski definition) is 5.